The molecule has 1 aromatic carbocycles. The number of aryl methyl sites for hydroxylation is 1. The second-order valence-electron chi connectivity index (χ2n) is 4.83. The number of carbonyl (C=O) groups excluding carboxylic acids is 1. The number of amides is 1. The molecule has 0 saturated heterocycles. The summed E-state index contributed by atoms with van der Waals surface area (Å²) in [5, 5.41) is 14.5. The molecular formula is C13H16FN5O. The Balaban J connectivity index is 2.12. The minimum Gasteiger partial charge on any atom is -0.352 e. The molecule has 0 aliphatic rings. The van der Waals surface area contributed by atoms with E-state index in [2.05, 4.69) is 20.7 Å². The fourth-order valence-electron chi connectivity index (χ4n) is 1.71. The summed E-state index contributed by atoms with van der Waals surface area (Å²) in [5.41, 5.74) is 1.18. The fraction of sp³-hybridized carbons (Fsp3) is 0.385. The summed E-state index contributed by atoms with van der Waals surface area (Å²) in [6.07, 6.45) is 0. The maximum Gasteiger partial charge on any atom is 0.243 e. The van der Waals surface area contributed by atoms with Crippen LogP contribution in [0.15, 0.2) is 18.2 Å². The number of hydrogen-bond donors (Lipinski definition) is 1. The van der Waals surface area contributed by atoms with Gasteiger partial charge in [0.1, 0.15) is 12.4 Å². The molecular weight excluding hydrogens is 261 g/mol. The maximum atomic E-state index is 13.2. The van der Waals surface area contributed by atoms with Crippen molar-refractivity contribution >= 4 is 5.91 Å². The van der Waals surface area contributed by atoms with Gasteiger partial charge in [-0.2, -0.15) is 4.80 Å². The summed E-state index contributed by atoms with van der Waals surface area (Å²) in [5.74, 6) is -0.0952. The monoisotopic (exact) mass is 277 g/mol. The minimum absolute atomic E-state index is 0.00531. The van der Waals surface area contributed by atoms with Gasteiger partial charge in [0.15, 0.2) is 0 Å². The van der Waals surface area contributed by atoms with Crippen LogP contribution >= 0.6 is 0 Å². The number of nitrogens with zero attached hydrogens (tertiary/aromatic N) is 4. The summed E-state index contributed by atoms with van der Waals surface area (Å²) >= 11 is 0. The number of aromatic nitrogens is 4. The van der Waals surface area contributed by atoms with Crippen LogP contribution in [0.4, 0.5) is 4.39 Å². The standard InChI is InChI=1S/C13H16FN5O/c1-8(2)15-12(20)7-19-17-13(16-18-19)10-4-5-11(14)9(3)6-10/h4-6,8H,7H2,1-3H3,(H,15,20). The predicted octanol–water partition coefficient (Wildman–Crippen LogP) is 1.31. The molecule has 1 heterocycles. The lowest BCUT2D eigenvalue weighted by atomic mass is 10.1. The lowest BCUT2D eigenvalue weighted by Crippen LogP contribution is -2.33. The molecule has 0 aliphatic heterocycles. The van der Waals surface area contributed by atoms with E-state index in [0.717, 1.165) is 0 Å². The topological polar surface area (TPSA) is 72.7 Å². The molecule has 1 aromatic heterocycles. The van der Waals surface area contributed by atoms with E-state index in [1.165, 1.54) is 10.9 Å². The van der Waals surface area contributed by atoms with Gasteiger partial charge >= 0.3 is 0 Å². The Morgan fingerprint density at radius 3 is 2.85 bits per heavy atom. The van der Waals surface area contributed by atoms with Crippen LogP contribution in [0.5, 0.6) is 0 Å². The van der Waals surface area contributed by atoms with Crippen LogP contribution in [0, 0.1) is 12.7 Å². The first kappa shape index (κ1) is 14.1. The summed E-state index contributed by atoms with van der Waals surface area (Å²) < 4.78 is 13.2. The molecule has 0 unspecified atom stereocenters. The van der Waals surface area contributed by atoms with E-state index in [-0.39, 0.29) is 24.3 Å². The molecule has 0 atom stereocenters. The summed E-state index contributed by atoms with van der Waals surface area (Å²) in [6.45, 7) is 5.42. The molecule has 7 heteroatoms. The van der Waals surface area contributed by atoms with Gasteiger partial charge in [0, 0.05) is 11.6 Å². The zero-order valence-electron chi connectivity index (χ0n) is 11.6. The lowest BCUT2D eigenvalue weighted by molar-refractivity contribution is -0.122. The summed E-state index contributed by atoms with van der Waals surface area (Å²) in [6, 6.07) is 4.64. The predicted molar refractivity (Wildman–Crippen MR) is 71.2 cm³/mol. The van der Waals surface area contributed by atoms with Gasteiger partial charge in [-0.1, -0.05) is 0 Å². The number of carbonyl (C=O) groups is 1. The van der Waals surface area contributed by atoms with Crippen molar-refractivity contribution < 1.29 is 9.18 Å². The number of benzene rings is 1. The highest BCUT2D eigenvalue weighted by molar-refractivity contribution is 5.75. The Kier molecular flexibility index (Phi) is 4.07. The first-order chi connectivity index (χ1) is 9.45. The quantitative estimate of drug-likeness (QED) is 0.914. The molecule has 0 saturated carbocycles. The number of rotatable bonds is 4. The van der Waals surface area contributed by atoms with Crippen molar-refractivity contribution in [1.29, 1.82) is 0 Å². The normalized spacial score (nSPS) is 10.8. The van der Waals surface area contributed by atoms with Crippen LogP contribution in [0.1, 0.15) is 19.4 Å². The van der Waals surface area contributed by atoms with Crippen molar-refractivity contribution in [3.63, 3.8) is 0 Å². The van der Waals surface area contributed by atoms with E-state index < -0.39 is 0 Å². The molecule has 2 aromatic rings. The van der Waals surface area contributed by atoms with Crippen LogP contribution in [-0.2, 0) is 11.3 Å². The van der Waals surface area contributed by atoms with Crippen molar-refractivity contribution in [2.24, 2.45) is 0 Å². The third kappa shape index (κ3) is 3.37. The third-order valence-corrected chi connectivity index (χ3v) is 2.60. The Bertz CT molecular complexity index is 623. The highest BCUT2D eigenvalue weighted by Gasteiger charge is 2.10. The average Bonchev–Trinajstić information content (AvgIpc) is 2.80. The average molecular weight is 277 g/mol. The Hall–Kier alpha value is -2.31. The Morgan fingerprint density at radius 1 is 1.45 bits per heavy atom. The Labute approximate surface area is 116 Å². The van der Waals surface area contributed by atoms with E-state index in [4.69, 9.17) is 0 Å². The van der Waals surface area contributed by atoms with Gasteiger partial charge in [-0.25, -0.2) is 4.39 Å². The third-order valence-electron chi connectivity index (χ3n) is 2.60. The molecule has 6 nitrogen and oxygen atoms in total. The summed E-state index contributed by atoms with van der Waals surface area (Å²) in [4.78, 5) is 12.8. The van der Waals surface area contributed by atoms with Crippen molar-refractivity contribution in [1.82, 2.24) is 25.5 Å². The van der Waals surface area contributed by atoms with Crippen molar-refractivity contribution in [3.05, 3.63) is 29.6 Å². The van der Waals surface area contributed by atoms with Crippen LogP contribution in [0.3, 0.4) is 0 Å². The van der Waals surface area contributed by atoms with E-state index in [9.17, 15) is 9.18 Å². The number of halogens is 1. The maximum absolute atomic E-state index is 13.2. The Morgan fingerprint density at radius 2 is 2.20 bits per heavy atom. The highest BCUT2D eigenvalue weighted by Crippen LogP contribution is 2.17. The molecule has 0 spiro atoms. The van der Waals surface area contributed by atoms with Crippen LogP contribution in [0.2, 0.25) is 0 Å². The van der Waals surface area contributed by atoms with Crippen LogP contribution in [-0.4, -0.2) is 32.2 Å². The van der Waals surface area contributed by atoms with E-state index >= 15 is 0 Å². The van der Waals surface area contributed by atoms with Crippen LogP contribution < -0.4 is 5.32 Å². The molecule has 0 aliphatic carbocycles. The number of tetrazole rings is 1. The molecule has 2 rings (SSSR count). The first-order valence-corrected chi connectivity index (χ1v) is 6.29. The van der Waals surface area contributed by atoms with Gasteiger partial charge in [0.25, 0.3) is 0 Å². The highest BCUT2D eigenvalue weighted by atomic mass is 19.1. The van der Waals surface area contributed by atoms with Gasteiger partial charge < -0.3 is 5.32 Å². The molecule has 0 bridgehead atoms. The SMILES string of the molecule is Cc1cc(-c2nnn(CC(=O)NC(C)C)n2)ccc1F. The van der Waals surface area contributed by atoms with Crippen LogP contribution in [0.25, 0.3) is 11.4 Å². The van der Waals surface area contributed by atoms with Gasteiger partial charge in [-0.3, -0.25) is 4.79 Å². The zero-order chi connectivity index (χ0) is 14.7. The molecule has 20 heavy (non-hydrogen) atoms. The second-order valence-corrected chi connectivity index (χ2v) is 4.83. The van der Waals surface area contributed by atoms with Gasteiger partial charge in [0.2, 0.25) is 11.7 Å². The number of hydrogen-bond acceptors (Lipinski definition) is 4. The zero-order valence-corrected chi connectivity index (χ0v) is 11.6. The van der Waals surface area contributed by atoms with E-state index in [1.807, 2.05) is 13.8 Å². The second kappa shape index (κ2) is 5.77. The van der Waals surface area contributed by atoms with E-state index in [1.54, 1.807) is 19.1 Å². The molecule has 0 fully saturated rings. The number of nitrogens with one attached hydrogen (secondary N) is 1. The van der Waals surface area contributed by atoms with E-state index in [0.29, 0.717) is 17.0 Å². The first-order valence-electron chi connectivity index (χ1n) is 6.29. The molecule has 1 N–H and O–H groups in total. The molecule has 0 radical (unpaired) electrons. The van der Waals surface area contributed by atoms with Gasteiger partial charge in [0.05, 0.1) is 0 Å². The van der Waals surface area contributed by atoms with Gasteiger partial charge in [-0.05, 0) is 49.7 Å². The van der Waals surface area contributed by atoms with Gasteiger partial charge in [-0.15, -0.1) is 10.2 Å². The van der Waals surface area contributed by atoms with Crippen molar-refractivity contribution in [2.45, 2.75) is 33.4 Å². The smallest absolute Gasteiger partial charge is 0.243 e. The lowest BCUT2D eigenvalue weighted by Gasteiger charge is -2.06. The summed E-state index contributed by atoms with van der Waals surface area (Å²) in [7, 11) is 0. The largest absolute Gasteiger partial charge is 0.352 e. The van der Waals surface area contributed by atoms with Crippen molar-refractivity contribution in [3.8, 4) is 11.4 Å². The fourth-order valence-corrected chi connectivity index (χ4v) is 1.71. The van der Waals surface area contributed by atoms with Crippen molar-refractivity contribution in [2.75, 3.05) is 0 Å². The molecule has 106 valence electrons. The molecule has 1 amide bonds. The minimum atomic E-state index is -0.280.